The number of piperazine rings is 1. The lowest BCUT2D eigenvalue weighted by molar-refractivity contribution is -0.122. The van der Waals surface area contributed by atoms with Crippen molar-refractivity contribution in [3.63, 3.8) is 0 Å². The standard InChI is InChI=1S/C23H30N4O5S/c1-4-32-21-10-7-19(15-22(21)31-3)16-24-25-23(28)17-26-11-13-27(14-12-26)33(29,30)20-8-5-18(2)6-9-20/h5-10,15-16H,4,11-14,17H2,1-3H3,(H,25,28)/b24-16+. The van der Waals surface area contributed by atoms with Crippen LogP contribution in [-0.4, -0.2) is 76.2 Å². The fourth-order valence-corrected chi connectivity index (χ4v) is 4.87. The maximum absolute atomic E-state index is 12.8. The van der Waals surface area contributed by atoms with E-state index in [2.05, 4.69) is 10.5 Å². The number of hydrogen-bond acceptors (Lipinski definition) is 7. The van der Waals surface area contributed by atoms with E-state index in [0.29, 0.717) is 49.2 Å². The van der Waals surface area contributed by atoms with Crippen LogP contribution in [0.3, 0.4) is 0 Å². The van der Waals surface area contributed by atoms with Crippen molar-refractivity contribution in [3.8, 4) is 11.5 Å². The first kappa shape index (κ1) is 24.7. The highest BCUT2D eigenvalue weighted by molar-refractivity contribution is 7.89. The van der Waals surface area contributed by atoms with Crippen molar-refractivity contribution in [1.82, 2.24) is 14.6 Å². The number of rotatable bonds is 9. The van der Waals surface area contributed by atoms with Crippen LogP contribution in [0.1, 0.15) is 18.1 Å². The lowest BCUT2D eigenvalue weighted by atomic mass is 10.2. The summed E-state index contributed by atoms with van der Waals surface area (Å²) >= 11 is 0. The zero-order chi connectivity index (χ0) is 23.8. The van der Waals surface area contributed by atoms with Gasteiger partial charge in [0.15, 0.2) is 11.5 Å². The van der Waals surface area contributed by atoms with Crippen LogP contribution in [0.4, 0.5) is 0 Å². The Morgan fingerprint density at radius 3 is 2.42 bits per heavy atom. The molecule has 0 unspecified atom stereocenters. The third-order valence-corrected chi connectivity index (χ3v) is 7.16. The number of methoxy groups -OCH3 is 1. The number of nitrogens with one attached hydrogen (secondary N) is 1. The summed E-state index contributed by atoms with van der Waals surface area (Å²) in [5, 5.41) is 4.01. The van der Waals surface area contributed by atoms with Gasteiger partial charge in [0.25, 0.3) is 5.91 Å². The Labute approximate surface area is 195 Å². The van der Waals surface area contributed by atoms with E-state index in [1.165, 1.54) is 10.5 Å². The fraction of sp³-hybridized carbons (Fsp3) is 0.391. The highest BCUT2D eigenvalue weighted by Gasteiger charge is 2.28. The second-order valence-electron chi connectivity index (χ2n) is 7.63. The molecule has 2 aromatic rings. The molecule has 0 aromatic heterocycles. The Balaban J connectivity index is 1.48. The van der Waals surface area contributed by atoms with Crippen LogP contribution in [0.15, 0.2) is 52.5 Å². The Morgan fingerprint density at radius 2 is 1.79 bits per heavy atom. The van der Waals surface area contributed by atoms with Crippen LogP contribution >= 0.6 is 0 Å². The third-order valence-electron chi connectivity index (χ3n) is 5.25. The van der Waals surface area contributed by atoms with E-state index < -0.39 is 10.0 Å². The van der Waals surface area contributed by atoms with E-state index in [0.717, 1.165) is 11.1 Å². The molecule has 0 bridgehead atoms. The van der Waals surface area contributed by atoms with Gasteiger partial charge in [0, 0.05) is 26.2 Å². The van der Waals surface area contributed by atoms with Gasteiger partial charge in [-0.3, -0.25) is 9.69 Å². The number of nitrogens with zero attached hydrogens (tertiary/aromatic N) is 3. The third kappa shape index (κ3) is 6.53. The van der Waals surface area contributed by atoms with E-state index >= 15 is 0 Å². The minimum atomic E-state index is -3.52. The Bertz CT molecular complexity index is 1080. The van der Waals surface area contributed by atoms with E-state index in [1.807, 2.05) is 24.8 Å². The molecule has 33 heavy (non-hydrogen) atoms. The quantitative estimate of drug-likeness (QED) is 0.440. The molecule has 0 aliphatic carbocycles. The molecule has 0 radical (unpaired) electrons. The number of aryl methyl sites for hydroxylation is 1. The minimum absolute atomic E-state index is 0.141. The van der Waals surface area contributed by atoms with Crippen LogP contribution in [0.2, 0.25) is 0 Å². The van der Waals surface area contributed by atoms with Crippen molar-refractivity contribution in [2.45, 2.75) is 18.7 Å². The molecule has 2 aromatic carbocycles. The second-order valence-corrected chi connectivity index (χ2v) is 9.57. The number of hydrazone groups is 1. The Morgan fingerprint density at radius 1 is 1.09 bits per heavy atom. The summed E-state index contributed by atoms with van der Waals surface area (Å²) in [5.41, 5.74) is 4.28. The molecule has 1 N–H and O–H groups in total. The summed E-state index contributed by atoms with van der Waals surface area (Å²) < 4.78 is 37.8. The molecule has 3 rings (SSSR count). The molecular formula is C23H30N4O5S. The Hall–Kier alpha value is -2.95. The van der Waals surface area contributed by atoms with Crippen molar-refractivity contribution in [2.75, 3.05) is 46.4 Å². The number of sulfonamides is 1. The topological polar surface area (TPSA) is 101 Å². The van der Waals surface area contributed by atoms with Gasteiger partial charge in [-0.25, -0.2) is 13.8 Å². The first-order valence-electron chi connectivity index (χ1n) is 10.8. The van der Waals surface area contributed by atoms with Crippen LogP contribution in [0.5, 0.6) is 11.5 Å². The Kier molecular flexibility index (Phi) is 8.43. The lowest BCUT2D eigenvalue weighted by Crippen LogP contribution is -2.50. The van der Waals surface area contributed by atoms with E-state index in [9.17, 15) is 13.2 Å². The smallest absolute Gasteiger partial charge is 0.254 e. The monoisotopic (exact) mass is 474 g/mol. The van der Waals surface area contributed by atoms with Crippen molar-refractivity contribution >= 4 is 22.1 Å². The number of ether oxygens (including phenoxy) is 2. The molecule has 0 spiro atoms. The number of carbonyl (C=O) groups is 1. The molecule has 10 heteroatoms. The molecule has 1 saturated heterocycles. The molecule has 1 fully saturated rings. The average Bonchev–Trinajstić information content (AvgIpc) is 2.80. The average molecular weight is 475 g/mol. The number of amides is 1. The van der Waals surface area contributed by atoms with Gasteiger partial charge >= 0.3 is 0 Å². The van der Waals surface area contributed by atoms with Gasteiger partial charge in [-0.15, -0.1) is 0 Å². The van der Waals surface area contributed by atoms with E-state index in [1.54, 1.807) is 43.5 Å². The summed E-state index contributed by atoms with van der Waals surface area (Å²) in [6.07, 6.45) is 1.53. The van der Waals surface area contributed by atoms with Crippen LogP contribution in [0.25, 0.3) is 0 Å². The predicted molar refractivity (Wildman–Crippen MR) is 126 cm³/mol. The summed E-state index contributed by atoms with van der Waals surface area (Å²) in [4.78, 5) is 14.5. The van der Waals surface area contributed by atoms with Gasteiger partial charge in [0.1, 0.15) is 0 Å². The lowest BCUT2D eigenvalue weighted by Gasteiger charge is -2.33. The zero-order valence-electron chi connectivity index (χ0n) is 19.2. The summed E-state index contributed by atoms with van der Waals surface area (Å²) in [5.74, 6) is 0.967. The van der Waals surface area contributed by atoms with Crippen LogP contribution < -0.4 is 14.9 Å². The SMILES string of the molecule is CCOc1ccc(/C=N/NC(=O)CN2CCN(S(=O)(=O)c3ccc(C)cc3)CC2)cc1OC. The van der Waals surface area contributed by atoms with Gasteiger partial charge in [-0.05, 0) is 49.7 Å². The van der Waals surface area contributed by atoms with Gasteiger partial charge < -0.3 is 9.47 Å². The molecule has 1 amide bonds. The van der Waals surface area contributed by atoms with Gasteiger partial charge in [-0.1, -0.05) is 17.7 Å². The molecule has 0 atom stereocenters. The predicted octanol–water partition coefficient (Wildman–Crippen LogP) is 1.86. The number of carbonyl (C=O) groups excluding carboxylic acids is 1. The molecule has 178 valence electrons. The number of hydrogen-bond donors (Lipinski definition) is 1. The molecule has 1 aliphatic rings. The first-order valence-corrected chi connectivity index (χ1v) is 12.2. The van der Waals surface area contributed by atoms with E-state index in [4.69, 9.17) is 9.47 Å². The summed E-state index contributed by atoms with van der Waals surface area (Å²) in [6.45, 7) is 6.09. The highest BCUT2D eigenvalue weighted by atomic mass is 32.2. The van der Waals surface area contributed by atoms with Crippen LogP contribution in [0, 0.1) is 6.92 Å². The van der Waals surface area contributed by atoms with Gasteiger partial charge in [0.2, 0.25) is 10.0 Å². The summed E-state index contributed by atoms with van der Waals surface area (Å²) in [6, 6.07) is 12.2. The molecule has 0 saturated carbocycles. The summed E-state index contributed by atoms with van der Waals surface area (Å²) in [7, 11) is -1.96. The number of benzene rings is 2. The molecule has 9 nitrogen and oxygen atoms in total. The molecule has 1 heterocycles. The van der Waals surface area contributed by atoms with Crippen molar-refractivity contribution < 1.29 is 22.7 Å². The maximum atomic E-state index is 12.8. The van der Waals surface area contributed by atoms with E-state index in [-0.39, 0.29) is 12.5 Å². The van der Waals surface area contributed by atoms with Crippen molar-refractivity contribution in [2.24, 2.45) is 5.10 Å². The minimum Gasteiger partial charge on any atom is -0.493 e. The molecule has 1 aliphatic heterocycles. The van der Waals surface area contributed by atoms with Crippen molar-refractivity contribution in [3.05, 3.63) is 53.6 Å². The second kappa shape index (κ2) is 11.3. The molecular weight excluding hydrogens is 444 g/mol. The largest absolute Gasteiger partial charge is 0.493 e. The zero-order valence-corrected chi connectivity index (χ0v) is 20.0. The highest BCUT2D eigenvalue weighted by Crippen LogP contribution is 2.27. The maximum Gasteiger partial charge on any atom is 0.254 e. The van der Waals surface area contributed by atoms with Crippen LogP contribution in [-0.2, 0) is 14.8 Å². The fourth-order valence-electron chi connectivity index (χ4n) is 3.44. The van der Waals surface area contributed by atoms with Crippen molar-refractivity contribution in [1.29, 1.82) is 0 Å². The first-order chi connectivity index (χ1) is 15.8. The van der Waals surface area contributed by atoms with Gasteiger partial charge in [0.05, 0.1) is 31.4 Å². The van der Waals surface area contributed by atoms with Gasteiger partial charge in [-0.2, -0.15) is 9.41 Å². The normalized spacial score (nSPS) is 15.5.